The Balaban J connectivity index is 0.00000364. The molecule has 0 spiro atoms. The molecule has 2 aromatic rings. The van der Waals surface area contributed by atoms with Crippen LogP contribution in [0, 0.1) is 10.8 Å². The lowest BCUT2D eigenvalue weighted by Crippen LogP contribution is -2.12. The average molecular weight is 393 g/mol. The molecule has 0 fully saturated rings. The van der Waals surface area contributed by atoms with E-state index in [-0.39, 0.29) is 24.1 Å². The predicted octanol–water partition coefficient (Wildman–Crippen LogP) is 2.08. The van der Waals surface area contributed by atoms with Crippen molar-refractivity contribution < 1.29 is 9.47 Å². The van der Waals surface area contributed by atoms with Crippen LogP contribution in [0.2, 0.25) is 0 Å². The molecule has 10 N–H and O–H groups in total. The van der Waals surface area contributed by atoms with Gasteiger partial charge in [-0.25, -0.2) is 0 Å². The summed E-state index contributed by atoms with van der Waals surface area (Å²) in [4.78, 5) is 0. The summed E-state index contributed by atoms with van der Waals surface area (Å²) in [6.45, 7) is 0.984. The zero-order valence-electron chi connectivity index (χ0n) is 14.8. The molecule has 0 amide bonds. The number of unbranched alkanes of at least 4 members (excludes halogenated alkanes) is 1. The van der Waals surface area contributed by atoms with Gasteiger partial charge < -0.3 is 32.4 Å². The van der Waals surface area contributed by atoms with Crippen LogP contribution in [0.5, 0.6) is 11.5 Å². The van der Waals surface area contributed by atoms with E-state index in [1.807, 2.05) is 0 Å². The third-order valence-corrected chi connectivity index (χ3v) is 3.70. The van der Waals surface area contributed by atoms with Crippen molar-refractivity contribution in [3.8, 4) is 11.5 Å². The number of benzene rings is 2. The van der Waals surface area contributed by atoms with Crippen LogP contribution in [0.15, 0.2) is 36.4 Å². The molecular weight excluding hydrogens is 368 g/mol. The van der Waals surface area contributed by atoms with Gasteiger partial charge in [0.1, 0.15) is 23.2 Å². The monoisotopic (exact) mass is 392 g/mol. The summed E-state index contributed by atoms with van der Waals surface area (Å²) in [5.41, 5.74) is 24.6. The van der Waals surface area contributed by atoms with E-state index < -0.39 is 0 Å². The fourth-order valence-electron chi connectivity index (χ4n) is 2.26. The molecular formula is C18H25ClN6O2. The highest BCUT2D eigenvalue weighted by Gasteiger charge is 2.05. The lowest BCUT2D eigenvalue weighted by atomic mass is 10.1. The Morgan fingerprint density at radius 1 is 0.741 bits per heavy atom. The molecule has 2 aromatic carbocycles. The molecule has 0 bridgehead atoms. The van der Waals surface area contributed by atoms with Crippen molar-refractivity contribution in [3.05, 3.63) is 47.5 Å². The first-order valence-corrected chi connectivity index (χ1v) is 8.12. The molecule has 0 aliphatic carbocycles. The van der Waals surface area contributed by atoms with Crippen LogP contribution in [-0.4, -0.2) is 24.9 Å². The van der Waals surface area contributed by atoms with Crippen molar-refractivity contribution >= 4 is 35.5 Å². The Morgan fingerprint density at radius 3 is 1.41 bits per heavy atom. The summed E-state index contributed by atoms with van der Waals surface area (Å²) in [6.07, 6.45) is 1.55. The SMILES string of the molecule is Cl.N=C(N)c1ccc(OCCCCOc2ccc(C(=N)N)cc2N)c(N)c1. The minimum Gasteiger partial charge on any atom is -0.491 e. The van der Waals surface area contributed by atoms with Crippen molar-refractivity contribution in [2.75, 3.05) is 24.7 Å². The highest BCUT2D eigenvalue weighted by Crippen LogP contribution is 2.24. The van der Waals surface area contributed by atoms with E-state index in [1.54, 1.807) is 36.4 Å². The second kappa shape index (κ2) is 10.1. The Hall–Kier alpha value is -3.13. The van der Waals surface area contributed by atoms with Crippen LogP contribution in [0.3, 0.4) is 0 Å². The highest BCUT2D eigenvalue weighted by molar-refractivity contribution is 5.96. The lowest BCUT2D eigenvalue weighted by molar-refractivity contribution is 0.268. The molecule has 0 aliphatic rings. The lowest BCUT2D eigenvalue weighted by Gasteiger charge is -2.11. The minimum absolute atomic E-state index is 0. The number of nitrogen functional groups attached to an aromatic ring is 4. The van der Waals surface area contributed by atoms with Gasteiger partial charge in [0.05, 0.1) is 24.6 Å². The van der Waals surface area contributed by atoms with Crippen LogP contribution >= 0.6 is 12.4 Å². The van der Waals surface area contributed by atoms with Gasteiger partial charge in [-0.3, -0.25) is 10.8 Å². The molecule has 0 atom stereocenters. The van der Waals surface area contributed by atoms with Crippen molar-refractivity contribution in [1.82, 2.24) is 0 Å². The maximum absolute atomic E-state index is 7.38. The van der Waals surface area contributed by atoms with Gasteiger partial charge in [-0.1, -0.05) is 0 Å². The normalized spacial score (nSPS) is 9.93. The van der Waals surface area contributed by atoms with E-state index >= 15 is 0 Å². The first-order chi connectivity index (χ1) is 12.4. The number of hydrogen-bond donors (Lipinski definition) is 6. The van der Waals surface area contributed by atoms with Gasteiger partial charge in [0, 0.05) is 11.1 Å². The summed E-state index contributed by atoms with van der Waals surface area (Å²) >= 11 is 0. The van der Waals surface area contributed by atoms with Crippen LogP contribution < -0.4 is 32.4 Å². The van der Waals surface area contributed by atoms with Crippen LogP contribution in [0.25, 0.3) is 0 Å². The molecule has 9 heteroatoms. The van der Waals surface area contributed by atoms with Gasteiger partial charge in [-0.05, 0) is 49.2 Å². The fourth-order valence-corrected chi connectivity index (χ4v) is 2.26. The molecule has 0 aromatic heterocycles. The Bertz CT molecular complexity index is 745. The summed E-state index contributed by atoms with van der Waals surface area (Å²) < 4.78 is 11.3. The van der Waals surface area contributed by atoms with Crippen molar-refractivity contribution in [1.29, 1.82) is 10.8 Å². The number of nitrogens with two attached hydrogens (primary N) is 4. The van der Waals surface area contributed by atoms with E-state index in [9.17, 15) is 0 Å². The Labute approximate surface area is 164 Å². The number of halogens is 1. The molecule has 146 valence electrons. The largest absolute Gasteiger partial charge is 0.491 e. The molecule has 0 radical (unpaired) electrons. The number of hydrogen-bond acceptors (Lipinski definition) is 6. The highest BCUT2D eigenvalue weighted by atomic mass is 35.5. The number of rotatable bonds is 9. The second-order valence-electron chi connectivity index (χ2n) is 5.74. The Morgan fingerprint density at radius 2 is 1.11 bits per heavy atom. The minimum atomic E-state index is -0.0315. The van der Waals surface area contributed by atoms with E-state index in [0.717, 1.165) is 12.8 Å². The van der Waals surface area contributed by atoms with Crippen molar-refractivity contribution in [2.24, 2.45) is 11.5 Å². The number of anilines is 2. The molecule has 2 rings (SSSR count). The molecule has 0 heterocycles. The zero-order chi connectivity index (χ0) is 19.1. The molecule has 0 saturated heterocycles. The van der Waals surface area contributed by atoms with E-state index in [1.165, 1.54) is 0 Å². The molecule has 0 aliphatic heterocycles. The van der Waals surface area contributed by atoms with Gasteiger partial charge in [0.25, 0.3) is 0 Å². The second-order valence-corrected chi connectivity index (χ2v) is 5.74. The standard InChI is InChI=1S/C18H24N6O2.ClH/c19-13-9-11(17(21)22)3-5-15(13)25-7-1-2-8-26-16-6-4-12(18(23)24)10-14(16)20;/h3-6,9-10H,1-2,7-8,19-20H2,(H3,21,22)(H3,23,24);1H. The first kappa shape index (κ1) is 21.9. The maximum Gasteiger partial charge on any atom is 0.142 e. The quantitative estimate of drug-likeness (QED) is 0.165. The summed E-state index contributed by atoms with van der Waals surface area (Å²) in [7, 11) is 0. The van der Waals surface area contributed by atoms with Crippen LogP contribution in [0.1, 0.15) is 24.0 Å². The topological polar surface area (TPSA) is 170 Å². The van der Waals surface area contributed by atoms with Gasteiger partial charge in [-0.15, -0.1) is 12.4 Å². The maximum atomic E-state index is 7.38. The fraction of sp³-hybridized carbons (Fsp3) is 0.222. The molecule has 8 nitrogen and oxygen atoms in total. The molecule has 0 unspecified atom stereocenters. The summed E-state index contributed by atoms with van der Waals surface area (Å²) in [5, 5.41) is 14.8. The van der Waals surface area contributed by atoms with Gasteiger partial charge in [-0.2, -0.15) is 0 Å². The van der Waals surface area contributed by atoms with E-state index in [4.69, 9.17) is 43.2 Å². The third-order valence-electron chi connectivity index (χ3n) is 3.70. The smallest absolute Gasteiger partial charge is 0.142 e. The van der Waals surface area contributed by atoms with E-state index in [2.05, 4.69) is 0 Å². The number of nitrogens with one attached hydrogen (secondary N) is 2. The van der Waals surface area contributed by atoms with Crippen molar-refractivity contribution in [3.63, 3.8) is 0 Å². The van der Waals surface area contributed by atoms with Gasteiger partial charge >= 0.3 is 0 Å². The van der Waals surface area contributed by atoms with Crippen molar-refractivity contribution in [2.45, 2.75) is 12.8 Å². The van der Waals surface area contributed by atoms with Gasteiger partial charge in [0.2, 0.25) is 0 Å². The third kappa shape index (κ3) is 6.27. The summed E-state index contributed by atoms with van der Waals surface area (Å²) in [5.74, 6) is 1.08. The van der Waals surface area contributed by atoms with Gasteiger partial charge in [0.15, 0.2) is 0 Å². The Kier molecular flexibility index (Phi) is 8.22. The first-order valence-electron chi connectivity index (χ1n) is 8.12. The van der Waals surface area contributed by atoms with Crippen LogP contribution in [0.4, 0.5) is 11.4 Å². The van der Waals surface area contributed by atoms with E-state index in [0.29, 0.717) is 47.2 Å². The molecule has 27 heavy (non-hydrogen) atoms. The number of amidine groups is 2. The molecule has 0 saturated carbocycles. The number of ether oxygens (including phenoxy) is 2. The average Bonchev–Trinajstić information content (AvgIpc) is 2.59. The summed E-state index contributed by atoms with van der Waals surface area (Å²) in [6, 6.07) is 10.1. The zero-order valence-corrected chi connectivity index (χ0v) is 15.6. The predicted molar refractivity (Wildman–Crippen MR) is 111 cm³/mol. The van der Waals surface area contributed by atoms with Crippen LogP contribution in [-0.2, 0) is 0 Å².